The summed E-state index contributed by atoms with van der Waals surface area (Å²) in [6.07, 6.45) is 10.1. The average molecular weight is 487 g/mol. The number of hydrogen-bond acceptors (Lipinski definition) is 4. The van der Waals surface area contributed by atoms with Crippen molar-refractivity contribution < 1.29 is 0 Å². The molecule has 0 aromatic rings. The number of rotatable bonds is 21. The van der Waals surface area contributed by atoms with Crippen LogP contribution < -0.4 is 0 Å². The van der Waals surface area contributed by atoms with E-state index < -0.39 is 15.8 Å². The zero-order valence-electron chi connectivity index (χ0n) is 24.1. The van der Waals surface area contributed by atoms with E-state index in [0.29, 0.717) is 0 Å². The molecule has 0 fully saturated rings. The van der Waals surface area contributed by atoms with E-state index >= 15 is 0 Å². The van der Waals surface area contributed by atoms with Crippen molar-refractivity contribution in [2.75, 3.05) is 52.4 Å². The van der Waals surface area contributed by atoms with Gasteiger partial charge >= 0.3 is 0 Å². The van der Waals surface area contributed by atoms with Gasteiger partial charge in [-0.1, -0.05) is 55.4 Å². The summed E-state index contributed by atoms with van der Waals surface area (Å²) in [4.78, 5) is 0. The SMILES string of the molecule is CCCN(CCC)[Si](C)(N(CCC)CCC)[Si](C)(N(CCC)CCC)N(CCC)CCC. The Bertz CT molecular complexity index is 354. The summed E-state index contributed by atoms with van der Waals surface area (Å²) in [5.41, 5.74) is 0. The van der Waals surface area contributed by atoms with Gasteiger partial charge in [-0.2, -0.15) is 0 Å². The average Bonchev–Trinajstić information content (AvgIpc) is 2.77. The highest BCUT2D eigenvalue weighted by atomic mass is 29.3. The Morgan fingerprint density at radius 1 is 0.312 bits per heavy atom. The van der Waals surface area contributed by atoms with Crippen LogP contribution in [0.3, 0.4) is 0 Å². The lowest BCUT2D eigenvalue weighted by molar-refractivity contribution is 0.291. The van der Waals surface area contributed by atoms with Gasteiger partial charge in [0.25, 0.3) is 0 Å². The molecule has 0 aliphatic heterocycles. The summed E-state index contributed by atoms with van der Waals surface area (Å²) in [7, 11) is -3.93. The smallest absolute Gasteiger partial charge is 0.226 e. The van der Waals surface area contributed by atoms with Crippen molar-refractivity contribution in [2.45, 2.75) is 120 Å². The first-order valence-electron chi connectivity index (χ1n) is 14.3. The molecule has 0 radical (unpaired) electrons. The molecule has 0 saturated heterocycles. The van der Waals surface area contributed by atoms with E-state index in [1.807, 2.05) is 0 Å². The molecule has 194 valence electrons. The van der Waals surface area contributed by atoms with E-state index in [1.54, 1.807) is 0 Å². The van der Waals surface area contributed by atoms with Crippen LogP contribution in [-0.4, -0.2) is 86.4 Å². The highest BCUT2D eigenvalue weighted by molar-refractivity contribution is 7.37. The molecule has 6 heteroatoms. The van der Waals surface area contributed by atoms with Crippen molar-refractivity contribution in [2.24, 2.45) is 0 Å². The van der Waals surface area contributed by atoms with E-state index in [4.69, 9.17) is 0 Å². The Labute approximate surface area is 206 Å². The Balaban J connectivity index is 7.12. The van der Waals surface area contributed by atoms with Crippen LogP contribution >= 0.6 is 0 Å². The van der Waals surface area contributed by atoms with Crippen LogP contribution in [0.15, 0.2) is 0 Å². The van der Waals surface area contributed by atoms with Gasteiger partial charge in [0.1, 0.15) is 0 Å². The van der Waals surface area contributed by atoms with Gasteiger partial charge in [0, 0.05) is 0 Å². The quantitative estimate of drug-likeness (QED) is 0.167. The van der Waals surface area contributed by atoms with Crippen LogP contribution in [0.2, 0.25) is 13.1 Å². The Hall–Kier alpha value is 0.274. The molecule has 32 heavy (non-hydrogen) atoms. The van der Waals surface area contributed by atoms with Crippen molar-refractivity contribution in [3.05, 3.63) is 0 Å². The predicted octanol–water partition coefficient (Wildman–Crippen LogP) is 6.70. The lowest BCUT2D eigenvalue weighted by Crippen LogP contribution is -2.88. The zero-order chi connectivity index (χ0) is 24.6. The van der Waals surface area contributed by atoms with Crippen molar-refractivity contribution in [3.8, 4) is 0 Å². The third-order valence-electron chi connectivity index (χ3n) is 7.31. The minimum Gasteiger partial charge on any atom is -0.312 e. The summed E-state index contributed by atoms with van der Waals surface area (Å²) in [5.74, 6) is 0. The van der Waals surface area contributed by atoms with Gasteiger partial charge in [0.15, 0.2) is 0 Å². The summed E-state index contributed by atoms with van der Waals surface area (Å²) in [6.45, 7) is 34.9. The van der Waals surface area contributed by atoms with Gasteiger partial charge in [0.05, 0.1) is 0 Å². The van der Waals surface area contributed by atoms with Crippen molar-refractivity contribution in [3.63, 3.8) is 0 Å². The summed E-state index contributed by atoms with van der Waals surface area (Å²) in [5, 5.41) is 0. The van der Waals surface area contributed by atoms with Gasteiger partial charge in [-0.3, -0.25) is 0 Å². The maximum Gasteiger partial charge on any atom is 0.226 e. The van der Waals surface area contributed by atoms with Crippen LogP contribution in [0, 0.1) is 0 Å². The fourth-order valence-corrected chi connectivity index (χ4v) is 24.3. The monoisotopic (exact) mass is 486 g/mol. The second-order valence-electron chi connectivity index (χ2n) is 9.99. The Kier molecular flexibility index (Phi) is 17.8. The fourth-order valence-electron chi connectivity index (χ4n) is 5.95. The first-order chi connectivity index (χ1) is 15.3. The van der Waals surface area contributed by atoms with Crippen LogP contribution in [0.25, 0.3) is 0 Å². The van der Waals surface area contributed by atoms with Crippen LogP contribution in [-0.2, 0) is 0 Å². The Morgan fingerprint density at radius 3 is 0.531 bits per heavy atom. The first kappa shape index (κ1) is 32.3. The molecule has 0 aliphatic rings. The summed E-state index contributed by atoms with van der Waals surface area (Å²) in [6, 6.07) is 0. The normalized spacial score (nSPS) is 13.3. The molecule has 0 atom stereocenters. The predicted molar refractivity (Wildman–Crippen MR) is 152 cm³/mol. The molecule has 0 amide bonds. The standard InChI is InChI=1S/C26H62N4Si2/c1-11-19-27(20-12-2)31(9,28(21-13-3)22-14-4)32(10,29(23-15-5)24-16-6)30(25-17-7)26-18-8/h11-26H2,1-10H3. The van der Waals surface area contributed by atoms with Crippen LogP contribution in [0.1, 0.15) is 107 Å². The van der Waals surface area contributed by atoms with Crippen molar-refractivity contribution in [1.29, 1.82) is 0 Å². The molecule has 0 saturated carbocycles. The maximum absolute atomic E-state index is 3.07. The minimum atomic E-state index is -1.96. The molecule has 0 aromatic carbocycles. The van der Waals surface area contributed by atoms with E-state index in [2.05, 4.69) is 86.7 Å². The number of hydrogen-bond donors (Lipinski definition) is 0. The second-order valence-corrected chi connectivity index (χ2v) is 22.3. The van der Waals surface area contributed by atoms with E-state index in [1.165, 1.54) is 104 Å². The summed E-state index contributed by atoms with van der Waals surface area (Å²) < 4.78 is 12.3. The molecule has 0 aliphatic carbocycles. The topological polar surface area (TPSA) is 13.0 Å². The van der Waals surface area contributed by atoms with Gasteiger partial charge in [-0.15, -0.1) is 0 Å². The third-order valence-corrected chi connectivity index (χ3v) is 25.0. The lowest BCUT2D eigenvalue weighted by Gasteiger charge is -2.62. The third kappa shape index (κ3) is 7.91. The molecule has 0 rings (SSSR count). The second kappa shape index (κ2) is 17.7. The fraction of sp³-hybridized carbons (Fsp3) is 1.00. The first-order valence-corrected chi connectivity index (χ1v) is 20.1. The maximum atomic E-state index is 3.07. The van der Waals surface area contributed by atoms with Crippen LogP contribution in [0.5, 0.6) is 0 Å². The molecule has 0 aromatic heterocycles. The molecular formula is C26H62N4Si2. The molecule has 0 N–H and O–H groups in total. The minimum absolute atomic E-state index is 1.27. The Morgan fingerprint density at radius 2 is 0.438 bits per heavy atom. The molecule has 4 nitrogen and oxygen atoms in total. The highest BCUT2D eigenvalue weighted by Crippen LogP contribution is 2.34. The lowest BCUT2D eigenvalue weighted by atomic mass is 10.4. The zero-order valence-corrected chi connectivity index (χ0v) is 26.1. The van der Waals surface area contributed by atoms with Gasteiger partial charge < -0.3 is 18.3 Å². The van der Waals surface area contributed by atoms with E-state index in [9.17, 15) is 0 Å². The summed E-state index contributed by atoms with van der Waals surface area (Å²) >= 11 is 0. The molecule has 0 spiro atoms. The largest absolute Gasteiger partial charge is 0.312 e. The molecule has 0 unspecified atom stereocenters. The van der Waals surface area contributed by atoms with E-state index in [0.717, 1.165) is 0 Å². The number of nitrogens with zero attached hydrogens (tertiary/aromatic N) is 4. The van der Waals surface area contributed by atoms with Crippen molar-refractivity contribution in [1.82, 2.24) is 18.3 Å². The highest BCUT2D eigenvalue weighted by Gasteiger charge is 2.62. The molecular weight excluding hydrogens is 424 g/mol. The molecule has 0 heterocycles. The van der Waals surface area contributed by atoms with Crippen LogP contribution in [0.4, 0.5) is 0 Å². The van der Waals surface area contributed by atoms with Gasteiger partial charge in [0.2, 0.25) is 15.8 Å². The van der Waals surface area contributed by atoms with Crippen molar-refractivity contribution >= 4 is 15.8 Å². The van der Waals surface area contributed by atoms with Gasteiger partial charge in [-0.25, -0.2) is 0 Å². The van der Waals surface area contributed by atoms with Gasteiger partial charge in [-0.05, 0) is 117 Å². The molecule has 0 bridgehead atoms. The van der Waals surface area contributed by atoms with E-state index in [-0.39, 0.29) is 0 Å².